The molecule has 0 bridgehead atoms. The summed E-state index contributed by atoms with van der Waals surface area (Å²) in [5, 5.41) is 2.59. The second kappa shape index (κ2) is 8.26. The van der Waals surface area contributed by atoms with Crippen molar-refractivity contribution in [2.24, 2.45) is 5.92 Å². The number of nitrogens with one attached hydrogen (secondary N) is 1. The van der Waals surface area contributed by atoms with Gasteiger partial charge in [0.05, 0.1) is 24.8 Å². The van der Waals surface area contributed by atoms with Crippen LogP contribution in [0.25, 0.3) is 0 Å². The molecule has 2 saturated heterocycles. The first-order valence-electron chi connectivity index (χ1n) is 10.3. The number of carbonyl (C=O) groups is 2. The predicted octanol–water partition coefficient (Wildman–Crippen LogP) is 2.83. The molecule has 31 heavy (non-hydrogen) atoms. The van der Waals surface area contributed by atoms with Crippen LogP contribution in [0.2, 0.25) is 0 Å². The Hall–Kier alpha value is -3.00. The van der Waals surface area contributed by atoms with Crippen LogP contribution in [-0.2, 0) is 20.9 Å². The van der Waals surface area contributed by atoms with E-state index in [0.29, 0.717) is 19.6 Å². The van der Waals surface area contributed by atoms with Gasteiger partial charge in [-0.25, -0.2) is 8.78 Å². The normalized spacial score (nSPS) is 25.3. The molecule has 1 aromatic carbocycles. The van der Waals surface area contributed by atoms with Crippen LogP contribution >= 0.6 is 0 Å². The lowest BCUT2D eigenvalue weighted by molar-refractivity contribution is -0.128. The zero-order valence-electron chi connectivity index (χ0n) is 17.4. The number of halogens is 2. The molecule has 164 valence electrons. The average Bonchev–Trinajstić information content (AvgIpc) is 3.10. The largest absolute Gasteiger partial charge is 0.363 e. The van der Waals surface area contributed by atoms with Crippen molar-refractivity contribution in [2.45, 2.75) is 38.6 Å². The molecule has 3 aliphatic rings. The summed E-state index contributed by atoms with van der Waals surface area (Å²) in [6.45, 7) is 10.9. The summed E-state index contributed by atoms with van der Waals surface area (Å²) >= 11 is 0. The zero-order valence-corrected chi connectivity index (χ0v) is 17.4. The van der Waals surface area contributed by atoms with Gasteiger partial charge in [-0.15, -0.1) is 0 Å². The number of fused-ring (bicyclic) bond motifs is 2. The Morgan fingerprint density at radius 1 is 1.32 bits per heavy atom. The van der Waals surface area contributed by atoms with Crippen molar-refractivity contribution in [2.75, 3.05) is 13.2 Å². The number of hydrogen-bond acceptors (Lipinski definition) is 5. The van der Waals surface area contributed by atoms with E-state index in [2.05, 4.69) is 18.5 Å². The van der Waals surface area contributed by atoms with Crippen molar-refractivity contribution >= 4 is 11.7 Å². The molecule has 0 aromatic heterocycles. The van der Waals surface area contributed by atoms with Crippen LogP contribution in [0.4, 0.5) is 8.78 Å². The van der Waals surface area contributed by atoms with Crippen LogP contribution < -0.4 is 5.32 Å². The molecule has 0 saturated carbocycles. The Kier molecular flexibility index (Phi) is 5.66. The highest BCUT2D eigenvalue weighted by Gasteiger charge is 2.48. The van der Waals surface area contributed by atoms with Crippen molar-refractivity contribution < 1.29 is 23.1 Å². The standard InChI is InChI=1S/C23H25F2N3O3/c1-4-5-17-21-14(3)28-13(2)12-31-20(28)11-27(21)10-18(22(17)29)23(30)26-9-15-6-7-16(24)8-19(15)25/h6-8,10,17,20-21H,2-5,9,11-12H2,1H3,(H,26,30). The van der Waals surface area contributed by atoms with Crippen LogP contribution in [0, 0.1) is 17.6 Å². The summed E-state index contributed by atoms with van der Waals surface area (Å²) < 4.78 is 32.8. The maximum Gasteiger partial charge on any atom is 0.256 e. The van der Waals surface area contributed by atoms with Gasteiger partial charge in [0.1, 0.15) is 11.6 Å². The molecule has 0 spiro atoms. The molecule has 0 radical (unpaired) electrons. The Morgan fingerprint density at radius 3 is 2.81 bits per heavy atom. The van der Waals surface area contributed by atoms with Crippen molar-refractivity contribution in [1.82, 2.24) is 15.1 Å². The Labute approximate surface area is 179 Å². The maximum atomic E-state index is 13.9. The number of hydrogen-bond donors (Lipinski definition) is 1. The molecule has 8 heteroatoms. The van der Waals surface area contributed by atoms with E-state index in [1.165, 1.54) is 6.07 Å². The average molecular weight is 429 g/mol. The van der Waals surface area contributed by atoms with Gasteiger partial charge in [-0.05, 0) is 12.5 Å². The van der Waals surface area contributed by atoms with E-state index in [1.807, 2.05) is 16.7 Å². The smallest absolute Gasteiger partial charge is 0.256 e. The monoisotopic (exact) mass is 429 g/mol. The van der Waals surface area contributed by atoms with E-state index >= 15 is 0 Å². The number of ketones is 1. The molecule has 1 amide bonds. The second-order valence-electron chi connectivity index (χ2n) is 8.06. The Balaban J connectivity index is 1.57. The summed E-state index contributed by atoms with van der Waals surface area (Å²) in [6, 6.07) is 2.88. The van der Waals surface area contributed by atoms with Crippen molar-refractivity contribution in [3.05, 3.63) is 71.7 Å². The topological polar surface area (TPSA) is 61.9 Å². The van der Waals surface area contributed by atoms with Gasteiger partial charge in [0.15, 0.2) is 12.0 Å². The van der Waals surface area contributed by atoms with E-state index in [4.69, 9.17) is 4.74 Å². The van der Waals surface area contributed by atoms with Gasteiger partial charge in [-0.1, -0.05) is 32.6 Å². The highest BCUT2D eigenvalue weighted by Crippen LogP contribution is 2.40. The van der Waals surface area contributed by atoms with Gasteiger partial charge in [0.25, 0.3) is 5.91 Å². The van der Waals surface area contributed by atoms with E-state index < -0.39 is 23.5 Å². The van der Waals surface area contributed by atoms with Crippen LogP contribution in [0.1, 0.15) is 25.3 Å². The second-order valence-corrected chi connectivity index (χ2v) is 8.06. The first-order chi connectivity index (χ1) is 14.8. The first kappa shape index (κ1) is 21.2. The van der Waals surface area contributed by atoms with Gasteiger partial charge >= 0.3 is 0 Å². The van der Waals surface area contributed by atoms with Crippen molar-refractivity contribution in [3.8, 4) is 0 Å². The molecule has 6 nitrogen and oxygen atoms in total. The molecule has 1 N–H and O–H groups in total. The van der Waals surface area contributed by atoms with Crippen molar-refractivity contribution in [1.29, 1.82) is 0 Å². The Bertz CT molecular complexity index is 990. The van der Waals surface area contributed by atoms with E-state index in [1.54, 1.807) is 6.20 Å². The molecule has 4 rings (SSSR count). The molecule has 3 heterocycles. The van der Waals surface area contributed by atoms with Crippen LogP contribution in [-0.4, -0.2) is 46.9 Å². The highest BCUT2D eigenvalue weighted by atomic mass is 19.1. The van der Waals surface area contributed by atoms with E-state index in [-0.39, 0.29) is 35.7 Å². The minimum absolute atomic E-state index is 0.0234. The molecule has 0 aliphatic carbocycles. The minimum atomic E-state index is -0.751. The molecule has 3 aliphatic heterocycles. The molecule has 2 fully saturated rings. The third kappa shape index (κ3) is 3.76. The molecular formula is C23H25F2N3O3. The summed E-state index contributed by atoms with van der Waals surface area (Å²) in [5.74, 6) is -2.72. The number of rotatable bonds is 5. The Morgan fingerprint density at radius 2 is 2.10 bits per heavy atom. The van der Waals surface area contributed by atoms with Gasteiger partial charge < -0.3 is 19.9 Å². The lowest BCUT2D eigenvalue weighted by atomic mass is 9.80. The highest BCUT2D eigenvalue weighted by molar-refractivity contribution is 6.20. The maximum absolute atomic E-state index is 13.9. The fraction of sp³-hybridized carbons (Fsp3) is 0.391. The van der Waals surface area contributed by atoms with Gasteiger partial charge in [0, 0.05) is 41.7 Å². The van der Waals surface area contributed by atoms with Gasteiger partial charge in [-0.2, -0.15) is 0 Å². The lowest BCUT2D eigenvalue weighted by Crippen LogP contribution is -2.58. The number of carbonyl (C=O) groups excluding carboxylic acids is 2. The van der Waals surface area contributed by atoms with Crippen LogP contribution in [0.5, 0.6) is 0 Å². The lowest BCUT2D eigenvalue weighted by Gasteiger charge is -2.49. The summed E-state index contributed by atoms with van der Waals surface area (Å²) in [5.41, 5.74) is 1.72. The predicted molar refractivity (Wildman–Crippen MR) is 110 cm³/mol. The number of piperazine rings is 1. The first-order valence-corrected chi connectivity index (χ1v) is 10.3. The third-order valence-corrected chi connectivity index (χ3v) is 6.02. The quantitative estimate of drug-likeness (QED) is 0.730. The number of amides is 1. The van der Waals surface area contributed by atoms with Crippen molar-refractivity contribution in [3.63, 3.8) is 0 Å². The molecule has 1 aromatic rings. The minimum Gasteiger partial charge on any atom is -0.363 e. The van der Waals surface area contributed by atoms with E-state index in [0.717, 1.165) is 29.9 Å². The number of Topliss-reactive ketones (excluding diaryl/α,β-unsaturated/α-hetero) is 1. The summed E-state index contributed by atoms with van der Waals surface area (Å²) in [6.07, 6.45) is 2.66. The van der Waals surface area contributed by atoms with E-state index in [9.17, 15) is 18.4 Å². The summed E-state index contributed by atoms with van der Waals surface area (Å²) in [7, 11) is 0. The van der Waals surface area contributed by atoms with Gasteiger partial charge in [0.2, 0.25) is 0 Å². The number of nitrogens with zero attached hydrogens (tertiary/aromatic N) is 2. The van der Waals surface area contributed by atoms with Crippen LogP contribution in [0.15, 0.2) is 54.5 Å². The molecular weight excluding hydrogens is 404 g/mol. The van der Waals surface area contributed by atoms with Crippen LogP contribution in [0.3, 0.4) is 0 Å². The molecule has 3 atom stereocenters. The fourth-order valence-electron chi connectivity index (χ4n) is 4.57. The number of benzene rings is 1. The zero-order chi connectivity index (χ0) is 22.3. The fourth-order valence-corrected chi connectivity index (χ4v) is 4.57. The number of ether oxygens (including phenoxy) is 1. The summed E-state index contributed by atoms with van der Waals surface area (Å²) in [4.78, 5) is 30.0. The SMILES string of the molecule is C=C1COC2CN3C=C(C(=O)NCc4ccc(F)cc4F)C(=O)C(CCC)C3C(=C)N12. The molecule has 3 unspecified atom stereocenters. The third-order valence-electron chi connectivity index (χ3n) is 6.02. The van der Waals surface area contributed by atoms with Gasteiger partial charge in [-0.3, -0.25) is 9.59 Å².